The van der Waals surface area contributed by atoms with E-state index in [1.54, 1.807) is 12.1 Å². The van der Waals surface area contributed by atoms with Gasteiger partial charge in [-0.25, -0.2) is 13.1 Å². The summed E-state index contributed by atoms with van der Waals surface area (Å²) in [5.74, 6) is 0. The molecule has 1 N–H and O–H groups in total. The van der Waals surface area contributed by atoms with Crippen molar-refractivity contribution in [3.8, 4) is 0 Å². The number of sulfonamides is 1. The van der Waals surface area contributed by atoms with E-state index in [2.05, 4.69) is 56.3 Å². The van der Waals surface area contributed by atoms with E-state index in [1.165, 1.54) is 10.4 Å². The molecule has 3 aromatic carbocycles. The van der Waals surface area contributed by atoms with Crippen molar-refractivity contribution in [2.45, 2.75) is 56.5 Å². The zero-order chi connectivity index (χ0) is 25.5. The van der Waals surface area contributed by atoms with E-state index in [1.807, 2.05) is 61.5 Å². The number of nitrogens with one attached hydrogen (secondary N) is 1. The fourth-order valence-corrected chi connectivity index (χ4v) is 10.3. The Hall–Kier alpha value is -2.51. The molecule has 3 aromatic rings. The Balaban J connectivity index is 1.99. The van der Waals surface area contributed by atoms with Crippen molar-refractivity contribution in [3.63, 3.8) is 0 Å². The highest BCUT2D eigenvalue weighted by atomic mass is 32.2. The van der Waals surface area contributed by atoms with Crippen LogP contribution in [0, 0.1) is 6.92 Å². The summed E-state index contributed by atoms with van der Waals surface area (Å²) in [5, 5.41) is 2.15. The molecule has 3 rings (SSSR count). The Bertz CT molecular complexity index is 1150. The molecule has 0 aliphatic rings. The number of benzene rings is 3. The Kier molecular flexibility index (Phi) is 8.88. The molecule has 0 fully saturated rings. The molecule has 35 heavy (non-hydrogen) atoms. The van der Waals surface area contributed by atoms with Gasteiger partial charge in [-0.3, -0.25) is 0 Å². The van der Waals surface area contributed by atoms with Gasteiger partial charge in [0.25, 0.3) is 8.32 Å². The zero-order valence-corrected chi connectivity index (χ0v) is 23.0. The number of hydrogen-bond donors (Lipinski definition) is 1. The normalized spacial score (nSPS) is 13.4. The van der Waals surface area contributed by atoms with Crippen molar-refractivity contribution in [3.05, 3.63) is 103 Å². The SMILES string of the molecule is C=CCC[C@H](CO[Si](c1ccccc1)(c1ccccc1)C(C)(C)C)NS(=O)(=O)c1ccc(C)cc1. The quantitative estimate of drug-likeness (QED) is 0.287. The van der Waals surface area contributed by atoms with Gasteiger partial charge in [0, 0.05) is 6.04 Å². The molecular weight excluding hydrogens is 470 g/mol. The Morgan fingerprint density at radius 3 is 1.89 bits per heavy atom. The Morgan fingerprint density at radius 1 is 0.914 bits per heavy atom. The smallest absolute Gasteiger partial charge is 0.261 e. The highest BCUT2D eigenvalue weighted by molar-refractivity contribution is 7.89. The van der Waals surface area contributed by atoms with Crippen LogP contribution in [0.5, 0.6) is 0 Å². The first-order valence-electron chi connectivity index (χ1n) is 12.0. The molecule has 0 aliphatic heterocycles. The average Bonchev–Trinajstić information content (AvgIpc) is 2.83. The van der Waals surface area contributed by atoms with Crippen molar-refractivity contribution >= 4 is 28.7 Å². The fourth-order valence-electron chi connectivity index (χ4n) is 4.49. The zero-order valence-electron chi connectivity index (χ0n) is 21.2. The van der Waals surface area contributed by atoms with Gasteiger partial charge < -0.3 is 4.43 Å². The van der Waals surface area contributed by atoms with E-state index in [-0.39, 0.29) is 22.6 Å². The minimum atomic E-state index is -3.69. The first-order chi connectivity index (χ1) is 16.6. The van der Waals surface area contributed by atoms with Gasteiger partial charge in [0.1, 0.15) is 0 Å². The summed E-state index contributed by atoms with van der Waals surface area (Å²) < 4.78 is 36.3. The van der Waals surface area contributed by atoms with Gasteiger partial charge >= 0.3 is 0 Å². The van der Waals surface area contributed by atoms with E-state index >= 15 is 0 Å². The topological polar surface area (TPSA) is 55.4 Å². The summed E-state index contributed by atoms with van der Waals surface area (Å²) in [4.78, 5) is 0.261. The van der Waals surface area contributed by atoms with Crippen molar-refractivity contribution in [2.75, 3.05) is 6.61 Å². The molecule has 1 atom stereocenters. The summed E-state index contributed by atoms with van der Waals surface area (Å²) in [5.41, 5.74) is 1.02. The highest BCUT2D eigenvalue weighted by Gasteiger charge is 2.50. The van der Waals surface area contributed by atoms with Gasteiger partial charge in [-0.05, 0) is 47.3 Å². The standard InChI is InChI=1S/C29H37NO3SSi/c1-6-7-14-25(30-34(31,32)26-21-19-24(2)20-22-26)23-33-35(29(3,4)5,27-15-10-8-11-16-27)28-17-12-9-13-18-28/h6,8-13,15-22,25,30H,1,7,14,23H2,2-5H3/t25-/m1/s1. The van der Waals surface area contributed by atoms with E-state index in [4.69, 9.17) is 4.43 Å². The third-order valence-corrected chi connectivity index (χ3v) is 12.8. The molecule has 0 aliphatic carbocycles. The lowest BCUT2D eigenvalue weighted by Crippen LogP contribution is -2.67. The van der Waals surface area contributed by atoms with Crippen LogP contribution in [0.2, 0.25) is 5.04 Å². The molecule has 6 heteroatoms. The largest absolute Gasteiger partial charge is 0.406 e. The lowest BCUT2D eigenvalue weighted by molar-refractivity contribution is 0.257. The second-order valence-electron chi connectivity index (χ2n) is 9.97. The molecule has 0 unspecified atom stereocenters. The maximum absolute atomic E-state index is 13.2. The molecule has 186 valence electrons. The maximum atomic E-state index is 13.2. The Morgan fingerprint density at radius 2 is 1.43 bits per heavy atom. The van der Waals surface area contributed by atoms with Gasteiger partial charge in [-0.1, -0.05) is 105 Å². The third-order valence-electron chi connectivity index (χ3n) is 6.29. The first kappa shape index (κ1) is 27.1. The van der Waals surface area contributed by atoms with Gasteiger partial charge in [-0.15, -0.1) is 6.58 Å². The minimum absolute atomic E-state index is 0.186. The van der Waals surface area contributed by atoms with E-state index in [0.717, 1.165) is 5.56 Å². The molecular formula is C29H37NO3SSi. The van der Waals surface area contributed by atoms with Gasteiger partial charge in [0.2, 0.25) is 10.0 Å². The van der Waals surface area contributed by atoms with Crippen LogP contribution in [-0.2, 0) is 14.4 Å². The van der Waals surface area contributed by atoms with Gasteiger partial charge in [-0.2, -0.15) is 0 Å². The van der Waals surface area contributed by atoms with Crippen molar-refractivity contribution < 1.29 is 12.8 Å². The molecule has 0 heterocycles. The lowest BCUT2D eigenvalue weighted by Gasteiger charge is -2.43. The molecule has 4 nitrogen and oxygen atoms in total. The molecule has 0 radical (unpaired) electrons. The van der Waals surface area contributed by atoms with Crippen LogP contribution in [-0.4, -0.2) is 29.4 Å². The van der Waals surface area contributed by atoms with Crippen LogP contribution in [0.15, 0.2) is 102 Å². The second-order valence-corrected chi connectivity index (χ2v) is 16.0. The first-order valence-corrected chi connectivity index (χ1v) is 15.4. The average molecular weight is 508 g/mol. The Labute approximate surface area is 212 Å². The summed E-state index contributed by atoms with van der Waals surface area (Å²) in [7, 11) is -6.46. The van der Waals surface area contributed by atoms with Crippen LogP contribution in [0.3, 0.4) is 0 Å². The molecule has 0 amide bonds. The lowest BCUT2D eigenvalue weighted by atomic mass is 10.2. The number of hydrogen-bond acceptors (Lipinski definition) is 3. The van der Waals surface area contributed by atoms with E-state index < -0.39 is 18.3 Å². The maximum Gasteiger partial charge on any atom is 0.261 e. The van der Waals surface area contributed by atoms with Crippen LogP contribution in [0.4, 0.5) is 0 Å². The summed E-state index contributed by atoms with van der Waals surface area (Å²) in [6, 6.07) is 27.3. The van der Waals surface area contributed by atoms with Crippen LogP contribution in [0.1, 0.15) is 39.2 Å². The predicted octanol–water partition coefficient (Wildman–Crippen LogP) is 5.18. The molecule has 0 bridgehead atoms. The summed E-state index contributed by atoms with van der Waals surface area (Å²) >= 11 is 0. The van der Waals surface area contributed by atoms with Crippen LogP contribution >= 0.6 is 0 Å². The van der Waals surface area contributed by atoms with Crippen molar-refractivity contribution in [1.82, 2.24) is 4.72 Å². The van der Waals surface area contributed by atoms with Crippen molar-refractivity contribution in [2.24, 2.45) is 0 Å². The van der Waals surface area contributed by atoms with E-state index in [0.29, 0.717) is 12.8 Å². The van der Waals surface area contributed by atoms with Crippen LogP contribution in [0.25, 0.3) is 0 Å². The molecule has 0 spiro atoms. The summed E-state index contributed by atoms with van der Waals surface area (Å²) in [6.45, 7) is 12.7. The minimum Gasteiger partial charge on any atom is -0.406 e. The number of allylic oxidation sites excluding steroid dienone is 1. The van der Waals surface area contributed by atoms with Gasteiger partial charge in [0.15, 0.2) is 0 Å². The van der Waals surface area contributed by atoms with Gasteiger partial charge in [0.05, 0.1) is 11.5 Å². The summed E-state index contributed by atoms with van der Waals surface area (Å²) in [6.07, 6.45) is 3.11. The number of aryl methyl sites for hydroxylation is 1. The molecule has 0 aromatic heterocycles. The van der Waals surface area contributed by atoms with E-state index in [9.17, 15) is 8.42 Å². The predicted molar refractivity (Wildman–Crippen MR) is 148 cm³/mol. The molecule has 0 saturated carbocycles. The number of rotatable bonds is 11. The van der Waals surface area contributed by atoms with Crippen LogP contribution < -0.4 is 15.1 Å². The fraction of sp³-hybridized carbons (Fsp3) is 0.310. The molecule has 0 saturated heterocycles. The third kappa shape index (κ3) is 6.38. The highest BCUT2D eigenvalue weighted by Crippen LogP contribution is 2.37. The van der Waals surface area contributed by atoms with Crippen molar-refractivity contribution in [1.29, 1.82) is 0 Å². The second kappa shape index (κ2) is 11.5. The monoisotopic (exact) mass is 507 g/mol.